The molecule has 3 nitrogen and oxygen atoms in total. The highest BCUT2D eigenvalue weighted by atomic mass is 35.5. The predicted octanol–water partition coefficient (Wildman–Crippen LogP) is 4.47. The van der Waals surface area contributed by atoms with Crippen molar-refractivity contribution in [1.29, 1.82) is 0 Å². The van der Waals surface area contributed by atoms with E-state index in [0.717, 1.165) is 36.2 Å². The zero-order valence-corrected chi connectivity index (χ0v) is 13.6. The van der Waals surface area contributed by atoms with Crippen LogP contribution in [0.15, 0.2) is 48.5 Å². The molecule has 0 radical (unpaired) electrons. The number of fused-ring (bicyclic) bond motifs is 2. The van der Waals surface area contributed by atoms with Gasteiger partial charge < -0.3 is 10.2 Å². The summed E-state index contributed by atoms with van der Waals surface area (Å²) in [5, 5.41) is 4.31. The minimum absolute atomic E-state index is 0.0784. The van der Waals surface area contributed by atoms with Crippen LogP contribution in [-0.2, 0) is 11.3 Å². The van der Waals surface area contributed by atoms with Crippen molar-refractivity contribution in [2.45, 2.75) is 31.8 Å². The molecule has 0 spiro atoms. The van der Waals surface area contributed by atoms with Gasteiger partial charge in [0.05, 0.1) is 23.8 Å². The van der Waals surface area contributed by atoms with Crippen LogP contribution in [0, 0.1) is 5.92 Å². The topological polar surface area (TPSA) is 32.3 Å². The normalized spacial score (nSPS) is 23.0. The van der Waals surface area contributed by atoms with Crippen molar-refractivity contribution in [1.82, 2.24) is 0 Å². The standard InChI is InChI=1S/C19H19ClN2O/c20-14-10-8-13(9-11-14)12-22-18-7-2-1-5-17(18)21-16-6-3-4-15(16)19(22)23/h1-2,5,7-11,15-16,21H,3-4,6,12H2. The first kappa shape index (κ1) is 14.6. The van der Waals surface area contributed by atoms with Gasteiger partial charge in [0.2, 0.25) is 5.91 Å². The second-order valence-electron chi connectivity index (χ2n) is 6.36. The lowest BCUT2D eigenvalue weighted by molar-refractivity contribution is -0.122. The van der Waals surface area contributed by atoms with Crippen molar-refractivity contribution in [3.05, 3.63) is 59.1 Å². The summed E-state index contributed by atoms with van der Waals surface area (Å²) in [7, 11) is 0. The van der Waals surface area contributed by atoms with Crippen LogP contribution in [0.2, 0.25) is 5.02 Å². The molecule has 1 fully saturated rings. The Morgan fingerprint density at radius 3 is 2.70 bits per heavy atom. The van der Waals surface area contributed by atoms with Crippen LogP contribution >= 0.6 is 11.6 Å². The molecule has 1 heterocycles. The first-order valence-corrected chi connectivity index (χ1v) is 8.51. The van der Waals surface area contributed by atoms with Gasteiger partial charge in [0.15, 0.2) is 0 Å². The van der Waals surface area contributed by atoms with Crippen LogP contribution in [0.4, 0.5) is 11.4 Å². The van der Waals surface area contributed by atoms with Crippen molar-refractivity contribution < 1.29 is 4.79 Å². The molecular weight excluding hydrogens is 308 g/mol. The van der Waals surface area contributed by atoms with Crippen molar-refractivity contribution in [2.75, 3.05) is 10.2 Å². The average Bonchev–Trinajstić information content (AvgIpc) is 2.99. The number of amides is 1. The molecule has 1 amide bonds. The van der Waals surface area contributed by atoms with Gasteiger partial charge in [-0.3, -0.25) is 4.79 Å². The molecule has 2 aromatic carbocycles. The maximum atomic E-state index is 13.1. The lowest BCUT2D eigenvalue weighted by Crippen LogP contribution is -2.38. The number of benzene rings is 2. The van der Waals surface area contributed by atoms with Gasteiger partial charge in [-0.15, -0.1) is 0 Å². The van der Waals surface area contributed by atoms with Crippen molar-refractivity contribution in [2.24, 2.45) is 5.92 Å². The number of carbonyl (C=O) groups excluding carboxylic acids is 1. The Bertz CT molecular complexity index is 728. The third kappa shape index (κ3) is 2.70. The summed E-state index contributed by atoms with van der Waals surface area (Å²) < 4.78 is 0. The molecule has 1 aliphatic carbocycles. The molecule has 2 aliphatic rings. The van der Waals surface area contributed by atoms with Gasteiger partial charge in [0.1, 0.15) is 0 Å². The maximum Gasteiger partial charge on any atom is 0.232 e. The highest BCUT2D eigenvalue weighted by Crippen LogP contribution is 2.39. The number of anilines is 2. The van der Waals surface area contributed by atoms with E-state index in [4.69, 9.17) is 11.6 Å². The van der Waals surface area contributed by atoms with E-state index >= 15 is 0 Å². The average molecular weight is 327 g/mol. The summed E-state index contributed by atoms with van der Waals surface area (Å²) in [5.41, 5.74) is 3.13. The van der Waals surface area contributed by atoms with E-state index in [1.165, 1.54) is 0 Å². The third-order valence-corrected chi connectivity index (χ3v) is 5.14. The third-order valence-electron chi connectivity index (χ3n) is 4.89. The molecule has 118 valence electrons. The van der Waals surface area contributed by atoms with Crippen LogP contribution in [-0.4, -0.2) is 11.9 Å². The van der Waals surface area contributed by atoms with Gasteiger partial charge >= 0.3 is 0 Å². The second kappa shape index (κ2) is 5.89. The molecule has 4 rings (SSSR count). The van der Waals surface area contributed by atoms with E-state index in [1.54, 1.807) is 0 Å². The van der Waals surface area contributed by atoms with Crippen LogP contribution in [0.3, 0.4) is 0 Å². The summed E-state index contributed by atoms with van der Waals surface area (Å²) >= 11 is 5.97. The molecular formula is C19H19ClN2O. The molecule has 2 aromatic rings. The number of halogens is 1. The SMILES string of the molecule is O=C1C2CCCC2Nc2ccccc2N1Cc1ccc(Cl)cc1. The van der Waals surface area contributed by atoms with Crippen molar-refractivity contribution in [3.63, 3.8) is 0 Å². The zero-order chi connectivity index (χ0) is 15.8. The van der Waals surface area contributed by atoms with Crippen LogP contribution < -0.4 is 10.2 Å². The minimum Gasteiger partial charge on any atom is -0.380 e. The molecule has 1 saturated carbocycles. The van der Waals surface area contributed by atoms with Crippen LogP contribution in [0.1, 0.15) is 24.8 Å². The number of nitrogens with zero attached hydrogens (tertiary/aromatic N) is 1. The van der Waals surface area contributed by atoms with E-state index in [9.17, 15) is 4.79 Å². The smallest absolute Gasteiger partial charge is 0.232 e. The fourth-order valence-electron chi connectivity index (χ4n) is 3.71. The monoisotopic (exact) mass is 326 g/mol. The lowest BCUT2D eigenvalue weighted by Gasteiger charge is -2.25. The zero-order valence-electron chi connectivity index (χ0n) is 12.8. The van der Waals surface area contributed by atoms with Crippen LogP contribution in [0.25, 0.3) is 0 Å². The number of hydrogen-bond acceptors (Lipinski definition) is 2. The van der Waals surface area contributed by atoms with Gasteiger partial charge in [-0.05, 0) is 42.7 Å². The Balaban J connectivity index is 1.73. The number of hydrogen-bond donors (Lipinski definition) is 1. The maximum absolute atomic E-state index is 13.1. The highest BCUT2D eigenvalue weighted by Gasteiger charge is 2.39. The summed E-state index contributed by atoms with van der Waals surface area (Å²) in [6.07, 6.45) is 3.16. The molecule has 4 heteroatoms. The van der Waals surface area contributed by atoms with E-state index in [2.05, 4.69) is 11.4 Å². The summed E-state index contributed by atoms with van der Waals surface area (Å²) in [6, 6.07) is 16.1. The Labute approximate surface area is 141 Å². The van der Waals surface area contributed by atoms with E-state index in [1.807, 2.05) is 47.4 Å². The summed E-state index contributed by atoms with van der Waals surface area (Å²) in [4.78, 5) is 15.1. The van der Waals surface area contributed by atoms with E-state index in [0.29, 0.717) is 11.6 Å². The van der Waals surface area contributed by atoms with Crippen molar-refractivity contribution >= 4 is 28.9 Å². The lowest BCUT2D eigenvalue weighted by atomic mass is 10.0. The van der Waals surface area contributed by atoms with Gasteiger partial charge in [0.25, 0.3) is 0 Å². The molecule has 0 bridgehead atoms. The Kier molecular flexibility index (Phi) is 3.74. The summed E-state index contributed by atoms with van der Waals surface area (Å²) in [6.45, 7) is 0.581. The molecule has 0 saturated heterocycles. The Morgan fingerprint density at radius 1 is 1.09 bits per heavy atom. The van der Waals surface area contributed by atoms with Gasteiger partial charge in [0, 0.05) is 11.1 Å². The largest absolute Gasteiger partial charge is 0.380 e. The highest BCUT2D eigenvalue weighted by molar-refractivity contribution is 6.30. The molecule has 1 aliphatic heterocycles. The van der Waals surface area contributed by atoms with E-state index < -0.39 is 0 Å². The van der Waals surface area contributed by atoms with Gasteiger partial charge in [-0.25, -0.2) is 0 Å². The number of nitrogens with one attached hydrogen (secondary N) is 1. The fraction of sp³-hybridized carbons (Fsp3) is 0.316. The van der Waals surface area contributed by atoms with Gasteiger partial charge in [-0.2, -0.15) is 0 Å². The molecule has 2 unspecified atom stereocenters. The minimum atomic E-state index is 0.0784. The molecule has 23 heavy (non-hydrogen) atoms. The number of rotatable bonds is 2. The van der Waals surface area contributed by atoms with Gasteiger partial charge in [-0.1, -0.05) is 42.3 Å². The predicted molar refractivity (Wildman–Crippen MR) is 93.8 cm³/mol. The molecule has 1 N–H and O–H groups in total. The second-order valence-corrected chi connectivity index (χ2v) is 6.79. The van der Waals surface area contributed by atoms with E-state index in [-0.39, 0.29) is 17.9 Å². The van der Waals surface area contributed by atoms with Crippen LogP contribution in [0.5, 0.6) is 0 Å². The molecule has 2 atom stereocenters. The number of para-hydroxylation sites is 2. The quantitative estimate of drug-likeness (QED) is 0.883. The Hall–Kier alpha value is -2.00. The molecule has 0 aromatic heterocycles. The summed E-state index contributed by atoms with van der Waals surface area (Å²) in [5.74, 6) is 0.314. The first-order chi connectivity index (χ1) is 11.2. The first-order valence-electron chi connectivity index (χ1n) is 8.14. The Morgan fingerprint density at radius 2 is 1.87 bits per heavy atom. The fourth-order valence-corrected chi connectivity index (χ4v) is 3.84. The van der Waals surface area contributed by atoms with Crippen molar-refractivity contribution in [3.8, 4) is 0 Å². The number of carbonyl (C=O) groups is 1.